The van der Waals surface area contributed by atoms with E-state index in [1.54, 1.807) is 56.9 Å². The molecule has 0 radical (unpaired) electrons. The van der Waals surface area contributed by atoms with E-state index >= 15 is 0 Å². The smallest absolute Gasteiger partial charge is 0.412 e. The Labute approximate surface area is 226 Å². The first-order valence-electron chi connectivity index (χ1n) is 12.5. The monoisotopic (exact) mass is 529 g/mol. The summed E-state index contributed by atoms with van der Waals surface area (Å²) in [5, 5.41) is 12.0. The third-order valence-corrected chi connectivity index (χ3v) is 6.68. The van der Waals surface area contributed by atoms with Gasteiger partial charge in [-0.05, 0) is 31.0 Å². The van der Waals surface area contributed by atoms with Crippen molar-refractivity contribution >= 4 is 17.7 Å². The average molecular weight is 530 g/mol. The number of carbonyl (C=O) groups is 2. The van der Waals surface area contributed by atoms with E-state index in [9.17, 15) is 19.5 Å². The van der Waals surface area contributed by atoms with Gasteiger partial charge in [-0.3, -0.25) is 24.3 Å². The highest BCUT2D eigenvalue weighted by atomic mass is 16.6. The van der Waals surface area contributed by atoms with Crippen molar-refractivity contribution in [3.63, 3.8) is 0 Å². The molecule has 9 nitrogen and oxygen atoms in total. The molecule has 4 aromatic rings. The lowest BCUT2D eigenvalue weighted by Crippen LogP contribution is -2.22. The van der Waals surface area contributed by atoms with Gasteiger partial charge >= 0.3 is 12.1 Å². The molecule has 0 bridgehead atoms. The molecule has 0 aliphatic rings. The van der Waals surface area contributed by atoms with Gasteiger partial charge in [0.25, 0.3) is 5.56 Å². The number of carbonyl (C=O) groups excluding carboxylic acids is 1. The number of anilines is 1. The van der Waals surface area contributed by atoms with E-state index in [0.717, 1.165) is 11.1 Å². The molecule has 1 heterocycles. The first kappa shape index (κ1) is 27.3. The van der Waals surface area contributed by atoms with Crippen LogP contribution in [0, 0.1) is 0 Å². The maximum atomic E-state index is 12.9. The molecular weight excluding hydrogens is 498 g/mol. The lowest BCUT2D eigenvalue weighted by atomic mass is 10.0. The van der Waals surface area contributed by atoms with Gasteiger partial charge in [0, 0.05) is 25.2 Å². The molecule has 2 N–H and O–H groups in total. The number of aliphatic carboxylic acids is 1. The van der Waals surface area contributed by atoms with Crippen molar-refractivity contribution in [2.24, 2.45) is 14.1 Å². The standard InChI is InChI=1S/C30H31N3O6/c1-19(29(35)36)24-12-8-9-13-25(24)38-18-21-14-16-23(17-15-21)27-26(28(34)33(4)32(27)3)31-30(37)39-20(2)22-10-6-5-7-11-22/h5-17,19-20H,18H2,1-4H3,(H,31,37)(H,35,36). The minimum atomic E-state index is -0.924. The maximum absolute atomic E-state index is 12.9. The van der Waals surface area contributed by atoms with Crippen molar-refractivity contribution in [1.29, 1.82) is 0 Å². The number of hydrogen-bond donors (Lipinski definition) is 2. The van der Waals surface area contributed by atoms with E-state index < -0.39 is 24.1 Å². The highest BCUT2D eigenvalue weighted by Crippen LogP contribution is 2.29. The zero-order chi connectivity index (χ0) is 28.1. The Kier molecular flexibility index (Phi) is 8.19. The van der Waals surface area contributed by atoms with Crippen molar-refractivity contribution in [3.05, 3.63) is 106 Å². The van der Waals surface area contributed by atoms with Crippen LogP contribution in [0.5, 0.6) is 5.75 Å². The average Bonchev–Trinajstić information content (AvgIpc) is 3.15. The molecule has 0 saturated carbocycles. The quantitative estimate of drug-likeness (QED) is 0.298. The Hall–Kier alpha value is -4.79. The number of hydrogen-bond acceptors (Lipinski definition) is 5. The van der Waals surface area contributed by atoms with E-state index in [1.807, 2.05) is 54.6 Å². The second-order valence-electron chi connectivity index (χ2n) is 9.24. The molecule has 39 heavy (non-hydrogen) atoms. The van der Waals surface area contributed by atoms with Crippen LogP contribution < -0.4 is 15.6 Å². The van der Waals surface area contributed by atoms with E-state index in [-0.39, 0.29) is 17.9 Å². The fourth-order valence-corrected chi connectivity index (χ4v) is 4.26. The Morgan fingerprint density at radius 1 is 0.897 bits per heavy atom. The third kappa shape index (κ3) is 6.04. The lowest BCUT2D eigenvalue weighted by Gasteiger charge is -2.15. The van der Waals surface area contributed by atoms with Gasteiger partial charge in [-0.15, -0.1) is 0 Å². The second kappa shape index (κ2) is 11.7. The van der Waals surface area contributed by atoms with Crippen LogP contribution in [0.2, 0.25) is 0 Å². The lowest BCUT2D eigenvalue weighted by molar-refractivity contribution is -0.138. The predicted octanol–water partition coefficient (Wildman–Crippen LogP) is 5.47. The summed E-state index contributed by atoms with van der Waals surface area (Å²) in [7, 11) is 3.35. The molecule has 2 atom stereocenters. The fraction of sp³-hybridized carbons (Fsp3) is 0.233. The highest BCUT2D eigenvalue weighted by molar-refractivity contribution is 5.90. The van der Waals surface area contributed by atoms with E-state index in [4.69, 9.17) is 9.47 Å². The van der Waals surface area contributed by atoms with Gasteiger partial charge in [0.1, 0.15) is 24.1 Å². The van der Waals surface area contributed by atoms with Crippen LogP contribution in [0.15, 0.2) is 83.7 Å². The summed E-state index contributed by atoms with van der Waals surface area (Å²) in [5.41, 5.74) is 3.28. The van der Waals surface area contributed by atoms with Crippen molar-refractivity contribution in [1.82, 2.24) is 9.36 Å². The Bertz CT molecular complexity index is 1520. The number of amides is 1. The van der Waals surface area contributed by atoms with Crippen LogP contribution in [0.25, 0.3) is 11.3 Å². The van der Waals surface area contributed by atoms with E-state index in [1.165, 1.54) is 4.68 Å². The predicted molar refractivity (Wildman–Crippen MR) is 148 cm³/mol. The third-order valence-electron chi connectivity index (χ3n) is 6.68. The zero-order valence-electron chi connectivity index (χ0n) is 22.3. The van der Waals surface area contributed by atoms with Crippen molar-refractivity contribution in [2.45, 2.75) is 32.5 Å². The molecule has 0 saturated heterocycles. The summed E-state index contributed by atoms with van der Waals surface area (Å²) in [4.78, 5) is 37.1. The van der Waals surface area contributed by atoms with Crippen LogP contribution in [-0.2, 0) is 30.2 Å². The molecule has 0 aliphatic carbocycles. The normalized spacial score (nSPS) is 12.4. The summed E-state index contributed by atoms with van der Waals surface area (Å²) in [6.07, 6.45) is -1.22. The number of rotatable bonds is 9. The van der Waals surface area contributed by atoms with E-state index in [2.05, 4.69) is 5.32 Å². The first-order chi connectivity index (χ1) is 18.7. The number of carboxylic acids is 1. The number of aromatic nitrogens is 2. The number of nitrogens with one attached hydrogen (secondary N) is 1. The van der Waals surface area contributed by atoms with Gasteiger partial charge in [-0.2, -0.15) is 0 Å². The van der Waals surface area contributed by atoms with Gasteiger partial charge in [-0.25, -0.2) is 4.79 Å². The largest absolute Gasteiger partial charge is 0.489 e. The molecular formula is C30H31N3O6. The van der Waals surface area contributed by atoms with Crippen LogP contribution in [0.1, 0.15) is 42.6 Å². The van der Waals surface area contributed by atoms with Gasteiger partial charge < -0.3 is 14.6 Å². The Morgan fingerprint density at radius 3 is 2.21 bits per heavy atom. The molecule has 9 heteroatoms. The SMILES string of the molecule is CC(OC(=O)Nc1c(-c2ccc(COc3ccccc3C(C)C(=O)O)cc2)n(C)n(C)c1=O)c1ccccc1. The minimum absolute atomic E-state index is 0.117. The maximum Gasteiger partial charge on any atom is 0.412 e. The number of ether oxygens (including phenoxy) is 2. The minimum Gasteiger partial charge on any atom is -0.489 e. The molecule has 1 amide bonds. The summed E-state index contributed by atoms with van der Waals surface area (Å²) in [5.74, 6) is -1.11. The molecule has 0 fully saturated rings. The van der Waals surface area contributed by atoms with Crippen molar-refractivity contribution in [2.75, 3.05) is 5.32 Å². The molecule has 4 rings (SSSR count). The molecule has 0 spiro atoms. The number of carboxylic acid groups (broad SMARTS) is 1. The van der Waals surface area contributed by atoms with Gasteiger partial charge in [0.05, 0.1) is 11.6 Å². The topological polar surface area (TPSA) is 112 Å². The highest BCUT2D eigenvalue weighted by Gasteiger charge is 2.22. The molecule has 1 aromatic heterocycles. The van der Waals surface area contributed by atoms with Crippen molar-refractivity contribution < 1.29 is 24.2 Å². The first-order valence-corrected chi connectivity index (χ1v) is 12.5. The molecule has 3 aromatic carbocycles. The van der Waals surface area contributed by atoms with Crippen LogP contribution in [-0.4, -0.2) is 26.5 Å². The summed E-state index contributed by atoms with van der Waals surface area (Å²) >= 11 is 0. The molecule has 2 unspecified atom stereocenters. The zero-order valence-corrected chi connectivity index (χ0v) is 22.3. The second-order valence-corrected chi connectivity index (χ2v) is 9.24. The fourth-order valence-electron chi connectivity index (χ4n) is 4.26. The van der Waals surface area contributed by atoms with Crippen LogP contribution in [0.3, 0.4) is 0 Å². The van der Waals surface area contributed by atoms with Gasteiger partial charge in [0.2, 0.25) is 0 Å². The molecule has 0 aliphatic heterocycles. The van der Waals surface area contributed by atoms with Crippen LogP contribution in [0.4, 0.5) is 10.5 Å². The van der Waals surface area contributed by atoms with E-state index in [0.29, 0.717) is 22.6 Å². The summed E-state index contributed by atoms with van der Waals surface area (Å²) < 4.78 is 14.5. The van der Waals surface area contributed by atoms with Gasteiger partial charge in [-0.1, -0.05) is 72.8 Å². The van der Waals surface area contributed by atoms with Gasteiger partial charge in [0.15, 0.2) is 0 Å². The molecule has 202 valence electrons. The summed E-state index contributed by atoms with van der Waals surface area (Å²) in [6, 6.07) is 23.8. The number of nitrogens with zero attached hydrogens (tertiary/aromatic N) is 2. The summed E-state index contributed by atoms with van der Waals surface area (Å²) in [6.45, 7) is 3.61. The Morgan fingerprint density at radius 2 is 1.54 bits per heavy atom. The number of para-hydroxylation sites is 1. The van der Waals surface area contributed by atoms with Crippen LogP contribution >= 0.6 is 0 Å². The number of benzene rings is 3. The Balaban J connectivity index is 1.51. The van der Waals surface area contributed by atoms with Crippen molar-refractivity contribution in [3.8, 4) is 17.0 Å².